The maximum atomic E-state index is 11.6. The van der Waals surface area contributed by atoms with Crippen molar-refractivity contribution in [2.45, 2.75) is 6.61 Å². The summed E-state index contributed by atoms with van der Waals surface area (Å²) in [7, 11) is 1.40. The van der Waals surface area contributed by atoms with Gasteiger partial charge in [-0.1, -0.05) is 30.3 Å². The average Bonchev–Trinajstić information content (AvgIpc) is 2.78. The van der Waals surface area contributed by atoms with Crippen LogP contribution in [-0.4, -0.2) is 29.3 Å². The molecule has 158 valence electrons. The highest BCUT2D eigenvalue weighted by molar-refractivity contribution is 5.88. The van der Waals surface area contributed by atoms with Crippen LogP contribution >= 0.6 is 0 Å². The molecule has 3 aromatic carbocycles. The minimum atomic E-state index is -1.02. The molecule has 0 radical (unpaired) electrons. The van der Waals surface area contributed by atoms with Crippen molar-refractivity contribution in [1.29, 1.82) is 0 Å². The van der Waals surface area contributed by atoms with E-state index in [-0.39, 0.29) is 29.4 Å². The summed E-state index contributed by atoms with van der Waals surface area (Å²) >= 11 is 0. The van der Waals surface area contributed by atoms with Gasteiger partial charge < -0.3 is 14.6 Å². The van der Waals surface area contributed by atoms with E-state index in [1.165, 1.54) is 31.5 Å². The fourth-order valence-electron chi connectivity index (χ4n) is 2.71. The van der Waals surface area contributed by atoms with Crippen LogP contribution in [0.4, 0.5) is 11.4 Å². The first-order chi connectivity index (χ1) is 15.0. The molecule has 3 aromatic rings. The molecule has 2 N–H and O–H groups in total. The maximum absolute atomic E-state index is 11.6. The van der Waals surface area contributed by atoms with Gasteiger partial charge in [-0.3, -0.25) is 15.5 Å². The fraction of sp³-hybridized carbons (Fsp3) is 0.0909. The van der Waals surface area contributed by atoms with Gasteiger partial charge in [-0.25, -0.2) is 4.79 Å². The molecule has 9 nitrogen and oxygen atoms in total. The summed E-state index contributed by atoms with van der Waals surface area (Å²) in [5, 5.41) is 24.6. The lowest BCUT2D eigenvalue weighted by Crippen LogP contribution is -2.03. The molecule has 0 unspecified atom stereocenters. The van der Waals surface area contributed by atoms with E-state index < -0.39 is 10.9 Å². The highest BCUT2D eigenvalue weighted by Gasteiger charge is 2.22. The molecule has 0 aliphatic carbocycles. The number of ether oxygens (including phenoxy) is 2. The van der Waals surface area contributed by atoms with E-state index in [1.54, 1.807) is 18.2 Å². The van der Waals surface area contributed by atoms with E-state index >= 15 is 0 Å². The molecule has 0 saturated carbocycles. The number of nitro groups is 1. The zero-order valence-corrected chi connectivity index (χ0v) is 16.5. The Balaban J connectivity index is 1.79. The molecular formula is C22H19N3O6. The second kappa shape index (κ2) is 9.88. The first-order valence-corrected chi connectivity index (χ1v) is 9.13. The Labute approximate surface area is 177 Å². The summed E-state index contributed by atoms with van der Waals surface area (Å²) in [5.74, 6) is -0.785. The van der Waals surface area contributed by atoms with Gasteiger partial charge in [-0.05, 0) is 35.9 Å². The van der Waals surface area contributed by atoms with Crippen molar-refractivity contribution in [3.8, 4) is 11.5 Å². The van der Waals surface area contributed by atoms with Gasteiger partial charge in [0, 0.05) is 11.6 Å². The fourth-order valence-corrected chi connectivity index (χ4v) is 2.71. The first kappa shape index (κ1) is 21.3. The normalized spacial score (nSPS) is 10.6. The number of carbonyl (C=O) groups is 1. The van der Waals surface area contributed by atoms with Crippen LogP contribution in [0.1, 0.15) is 21.5 Å². The number of hydrogen-bond donors (Lipinski definition) is 2. The van der Waals surface area contributed by atoms with Crippen LogP contribution in [0.5, 0.6) is 11.5 Å². The smallest absolute Gasteiger partial charge is 0.335 e. The molecule has 0 aliphatic heterocycles. The van der Waals surface area contributed by atoms with Crippen molar-refractivity contribution in [2.24, 2.45) is 5.10 Å². The standard InChI is InChI=1S/C22H19N3O6/c1-30-20-12-16(13-23-24-18-9-7-17(8-10-18)22(26)27)11-19(25(28)29)21(20)31-14-15-5-3-2-4-6-15/h2-13,24H,14H2,1H3,(H,26,27). The molecule has 0 bridgehead atoms. The van der Waals surface area contributed by atoms with Gasteiger partial charge in [0.15, 0.2) is 5.75 Å². The maximum Gasteiger partial charge on any atom is 0.335 e. The lowest BCUT2D eigenvalue weighted by molar-refractivity contribution is -0.386. The molecule has 3 rings (SSSR count). The van der Waals surface area contributed by atoms with E-state index in [4.69, 9.17) is 14.6 Å². The molecule has 0 spiro atoms. The van der Waals surface area contributed by atoms with E-state index in [2.05, 4.69) is 10.5 Å². The number of hydrazone groups is 1. The minimum absolute atomic E-state index is 0.0331. The Kier molecular flexibility index (Phi) is 6.79. The minimum Gasteiger partial charge on any atom is -0.493 e. The number of nitro benzene ring substituents is 1. The number of aromatic carboxylic acids is 1. The predicted octanol–water partition coefficient (Wildman–Crippen LogP) is 4.33. The Morgan fingerprint density at radius 3 is 2.48 bits per heavy atom. The molecule has 9 heteroatoms. The van der Waals surface area contributed by atoms with Gasteiger partial charge >= 0.3 is 11.7 Å². The molecule has 0 saturated heterocycles. The van der Waals surface area contributed by atoms with Crippen molar-refractivity contribution >= 4 is 23.6 Å². The number of anilines is 1. The first-order valence-electron chi connectivity index (χ1n) is 9.13. The van der Waals surface area contributed by atoms with Crippen LogP contribution < -0.4 is 14.9 Å². The van der Waals surface area contributed by atoms with Gasteiger partial charge in [0.1, 0.15) is 6.61 Å². The monoisotopic (exact) mass is 421 g/mol. The molecule has 0 heterocycles. The van der Waals surface area contributed by atoms with E-state index in [0.717, 1.165) is 5.56 Å². The van der Waals surface area contributed by atoms with Crippen LogP contribution in [0.3, 0.4) is 0 Å². The van der Waals surface area contributed by atoms with Gasteiger partial charge in [0.2, 0.25) is 5.75 Å². The number of nitrogens with one attached hydrogen (secondary N) is 1. The van der Waals surface area contributed by atoms with E-state index in [0.29, 0.717) is 11.3 Å². The summed E-state index contributed by atoms with van der Waals surface area (Å²) in [6, 6.07) is 18.2. The Hall–Kier alpha value is -4.40. The summed E-state index contributed by atoms with van der Waals surface area (Å²) in [6.07, 6.45) is 1.39. The largest absolute Gasteiger partial charge is 0.493 e. The molecule has 31 heavy (non-hydrogen) atoms. The quantitative estimate of drug-likeness (QED) is 0.299. The Morgan fingerprint density at radius 2 is 1.87 bits per heavy atom. The van der Waals surface area contributed by atoms with Crippen LogP contribution in [0.15, 0.2) is 71.8 Å². The Bertz CT molecular complexity index is 1100. The Morgan fingerprint density at radius 1 is 1.16 bits per heavy atom. The number of rotatable bonds is 9. The third-order valence-corrected chi connectivity index (χ3v) is 4.24. The zero-order chi connectivity index (χ0) is 22.2. The predicted molar refractivity (Wildman–Crippen MR) is 115 cm³/mol. The number of hydrogen-bond acceptors (Lipinski definition) is 7. The third kappa shape index (κ3) is 5.57. The van der Waals surface area contributed by atoms with Crippen LogP contribution in [0, 0.1) is 10.1 Å². The van der Waals surface area contributed by atoms with Gasteiger partial charge in [-0.15, -0.1) is 0 Å². The lowest BCUT2D eigenvalue weighted by atomic mass is 10.1. The molecular weight excluding hydrogens is 402 g/mol. The van der Waals surface area contributed by atoms with Crippen LogP contribution in [0.25, 0.3) is 0 Å². The summed E-state index contributed by atoms with van der Waals surface area (Å²) in [6.45, 7) is 0.152. The van der Waals surface area contributed by atoms with Crippen molar-refractivity contribution < 1.29 is 24.3 Å². The summed E-state index contributed by atoms with van der Waals surface area (Å²) in [4.78, 5) is 21.9. The molecule has 0 amide bonds. The number of methoxy groups -OCH3 is 1. The van der Waals surface area contributed by atoms with Gasteiger partial charge in [0.05, 0.1) is 29.5 Å². The van der Waals surface area contributed by atoms with Crippen molar-refractivity contribution in [3.63, 3.8) is 0 Å². The molecule has 0 fully saturated rings. The second-order valence-electron chi connectivity index (χ2n) is 6.36. The van der Waals surface area contributed by atoms with Crippen molar-refractivity contribution in [1.82, 2.24) is 0 Å². The summed E-state index contributed by atoms with van der Waals surface area (Å²) < 4.78 is 11.0. The van der Waals surface area contributed by atoms with Crippen molar-refractivity contribution in [3.05, 3.63) is 93.5 Å². The number of carboxylic acids is 1. The zero-order valence-electron chi connectivity index (χ0n) is 16.5. The molecule has 0 aliphatic rings. The van der Waals surface area contributed by atoms with Gasteiger partial charge in [-0.2, -0.15) is 5.10 Å². The van der Waals surface area contributed by atoms with Crippen LogP contribution in [-0.2, 0) is 6.61 Å². The highest BCUT2D eigenvalue weighted by Crippen LogP contribution is 2.38. The number of nitrogens with zero attached hydrogens (tertiary/aromatic N) is 2. The van der Waals surface area contributed by atoms with E-state index in [1.807, 2.05) is 30.3 Å². The summed E-state index contributed by atoms with van der Waals surface area (Å²) in [5.41, 5.74) is 4.49. The second-order valence-corrected chi connectivity index (χ2v) is 6.36. The van der Waals surface area contributed by atoms with Crippen molar-refractivity contribution in [2.75, 3.05) is 12.5 Å². The SMILES string of the molecule is COc1cc(C=NNc2ccc(C(=O)O)cc2)cc([N+](=O)[O-])c1OCc1ccccc1. The number of benzene rings is 3. The third-order valence-electron chi connectivity index (χ3n) is 4.24. The topological polar surface area (TPSA) is 123 Å². The average molecular weight is 421 g/mol. The molecule has 0 aromatic heterocycles. The van der Waals surface area contributed by atoms with E-state index in [9.17, 15) is 14.9 Å². The van der Waals surface area contributed by atoms with Crippen LogP contribution in [0.2, 0.25) is 0 Å². The highest BCUT2D eigenvalue weighted by atomic mass is 16.6. The molecule has 0 atom stereocenters. The van der Waals surface area contributed by atoms with Gasteiger partial charge in [0.25, 0.3) is 0 Å². The lowest BCUT2D eigenvalue weighted by Gasteiger charge is -2.12. The number of carboxylic acid groups (broad SMARTS) is 1.